The number of hydrogen-bond acceptors (Lipinski definition) is 4. The fourth-order valence-electron chi connectivity index (χ4n) is 3.74. The number of carbonyl (C=O) groups is 1. The molecule has 1 amide bonds. The second-order valence-electron chi connectivity index (χ2n) is 7.32. The predicted molar refractivity (Wildman–Crippen MR) is 110 cm³/mol. The summed E-state index contributed by atoms with van der Waals surface area (Å²) in [4.78, 5) is 25.0. The monoisotopic (exact) mass is 381 g/mol. The Hall–Kier alpha value is -2.89. The molecule has 0 aliphatic carbocycles. The molecule has 1 saturated heterocycles. The minimum absolute atomic E-state index is 0.0642. The van der Waals surface area contributed by atoms with Crippen LogP contribution in [-0.4, -0.2) is 35.4 Å². The van der Waals surface area contributed by atoms with Crippen LogP contribution in [0.2, 0.25) is 0 Å². The summed E-state index contributed by atoms with van der Waals surface area (Å²) in [5.41, 5.74) is 1.93. The van der Waals surface area contributed by atoms with Crippen molar-refractivity contribution < 1.29 is 9.72 Å². The number of piperidine rings is 1. The lowest BCUT2D eigenvalue weighted by Gasteiger charge is -2.32. The Morgan fingerprint density at radius 3 is 2.46 bits per heavy atom. The highest BCUT2D eigenvalue weighted by atomic mass is 16.6. The van der Waals surface area contributed by atoms with E-state index in [-0.39, 0.29) is 11.6 Å². The average Bonchev–Trinajstić information content (AvgIpc) is 2.72. The van der Waals surface area contributed by atoms with Crippen molar-refractivity contribution in [1.29, 1.82) is 0 Å². The number of likely N-dealkylation sites (tertiary alicyclic amines) is 1. The molecule has 0 saturated carbocycles. The second-order valence-corrected chi connectivity index (χ2v) is 7.32. The Labute approximate surface area is 165 Å². The first-order chi connectivity index (χ1) is 13.6. The third kappa shape index (κ3) is 5.55. The fraction of sp³-hybridized carbons (Fsp3) is 0.409. The zero-order chi connectivity index (χ0) is 19.8. The highest BCUT2D eigenvalue weighted by Gasteiger charge is 2.22. The van der Waals surface area contributed by atoms with Gasteiger partial charge >= 0.3 is 0 Å². The molecule has 0 aromatic heterocycles. The molecule has 1 fully saturated rings. The molecule has 0 bridgehead atoms. The number of anilines is 1. The van der Waals surface area contributed by atoms with Crippen LogP contribution < -0.4 is 5.32 Å². The molecular weight excluding hydrogens is 354 g/mol. The maximum Gasteiger partial charge on any atom is 0.292 e. The number of para-hydroxylation sites is 2. The molecule has 1 aliphatic rings. The van der Waals surface area contributed by atoms with Crippen molar-refractivity contribution in [3.63, 3.8) is 0 Å². The lowest BCUT2D eigenvalue weighted by Crippen LogP contribution is -2.38. The quantitative estimate of drug-likeness (QED) is 0.421. The number of carbonyl (C=O) groups excluding carboxylic acids is 1. The normalized spacial score (nSPS) is 14.6. The van der Waals surface area contributed by atoms with E-state index in [1.807, 2.05) is 11.0 Å². The van der Waals surface area contributed by atoms with Crippen LogP contribution in [0.5, 0.6) is 0 Å². The van der Waals surface area contributed by atoms with Crippen LogP contribution in [0.3, 0.4) is 0 Å². The van der Waals surface area contributed by atoms with E-state index in [4.69, 9.17) is 0 Å². The Kier molecular flexibility index (Phi) is 7.00. The lowest BCUT2D eigenvalue weighted by atomic mass is 9.90. The van der Waals surface area contributed by atoms with Gasteiger partial charge in [-0.15, -0.1) is 0 Å². The van der Waals surface area contributed by atoms with E-state index < -0.39 is 4.92 Å². The van der Waals surface area contributed by atoms with Crippen molar-refractivity contribution in [2.75, 3.05) is 25.0 Å². The standard InChI is InChI=1S/C22H27N3O3/c26-22(11-6-14-23-20-9-4-5-10-21(20)25(27)28)24-15-12-19(13-16-24)17-18-7-2-1-3-8-18/h1-5,7-10,19,23H,6,11-17H2. The summed E-state index contributed by atoms with van der Waals surface area (Å²) in [6, 6.07) is 17.1. The van der Waals surface area contributed by atoms with Crippen LogP contribution in [0.25, 0.3) is 0 Å². The van der Waals surface area contributed by atoms with Crippen molar-refractivity contribution in [3.05, 3.63) is 70.3 Å². The third-order valence-electron chi connectivity index (χ3n) is 5.32. The molecule has 0 spiro atoms. The molecule has 0 radical (unpaired) electrons. The van der Waals surface area contributed by atoms with E-state index in [9.17, 15) is 14.9 Å². The summed E-state index contributed by atoms with van der Waals surface area (Å²) < 4.78 is 0. The first-order valence-corrected chi connectivity index (χ1v) is 9.92. The van der Waals surface area contributed by atoms with Crippen LogP contribution in [0.15, 0.2) is 54.6 Å². The van der Waals surface area contributed by atoms with Crippen molar-refractivity contribution in [1.82, 2.24) is 4.90 Å². The van der Waals surface area contributed by atoms with Gasteiger partial charge in [0.1, 0.15) is 5.69 Å². The van der Waals surface area contributed by atoms with Gasteiger partial charge in [-0.25, -0.2) is 0 Å². The maximum absolute atomic E-state index is 12.4. The van der Waals surface area contributed by atoms with Crippen molar-refractivity contribution in [2.24, 2.45) is 5.92 Å². The summed E-state index contributed by atoms with van der Waals surface area (Å²) >= 11 is 0. The van der Waals surface area contributed by atoms with Crippen molar-refractivity contribution in [2.45, 2.75) is 32.1 Å². The minimum atomic E-state index is -0.396. The highest BCUT2D eigenvalue weighted by molar-refractivity contribution is 5.76. The van der Waals surface area contributed by atoms with Crippen LogP contribution in [0.4, 0.5) is 11.4 Å². The topological polar surface area (TPSA) is 75.5 Å². The number of rotatable bonds is 8. The maximum atomic E-state index is 12.4. The van der Waals surface area contributed by atoms with Gasteiger partial charge < -0.3 is 10.2 Å². The molecule has 1 aliphatic heterocycles. The van der Waals surface area contributed by atoms with E-state index in [2.05, 4.69) is 29.6 Å². The number of hydrogen-bond donors (Lipinski definition) is 1. The van der Waals surface area contributed by atoms with E-state index in [0.29, 0.717) is 31.0 Å². The molecule has 1 heterocycles. The Bertz CT molecular complexity index is 787. The minimum Gasteiger partial charge on any atom is -0.379 e. The van der Waals surface area contributed by atoms with E-state index in [0.717, 1.165) is 32.4 Å². The summed E-state index contributed by atoms with van der Waals surface area (Å²) in [7, 11) is 0. The fourth-order valence-corrected chi connectivity index (χ4v) is 3.74. The number of nitrogens with one attached hydrogen (secondary N) is 1. The van der Waals surface area contributed by atoms with Gasteiger partial charge in [0.05, 0.1) is 4.92 Å². The summed E-state index contributed by atoms with van der Waals surface area (Å²) in [5.74, 6) is 0.828. The predicted octanol–water partition coefficient (Wildman–Crippen LogP) is 4.27. The third-order valence-corrected chi connectivity index (χ3v) is 5.32. The van der Waals surface area contributed by atoms with Gasteiger partial charge in [0, 0.05) is 32.1 Å². The van der Waals surface area contributed by atoms with Gasteiger partial charge in [0.15, 0.2) is 0 Å². The number of amides is 1. The SMILES string of the molecule is O=C(CCCNc1ccccc1[N+](=O)[O-])N1CCC(Cc2ccccc2)CC1. The summed E-state index contributed by atoms with van der Waals surface area (Å²) in [6.45, 7) is 2.20. The lowest BCUT2D eigenvalue weighted by molar-refractivity contribution is -0.384. The molecule has 0 atom stereocenters. The van der Waals surface area contributed by atoms with Crippen LogP contribution >= 0.6 is 0 Å². The first kappa shape index (κ1) is 19.9. The van der Waals surface area contributed by atoms with Gasteiger partial charge in [-0.2, -0.15) is 0 Å². The Balaban J connectivity index is 1.36. The van der Waals surface area contributed by atoms with E-state index in [1.54, 1.807) is 18.2 Å². The number of nitro benzene ring substituents is 1. The number of benzene rings is 2. The zero-order valence-corrected chi connectivity index (χ0v) is 16.0. The molecule has 6 nitrogen and oxygen atoms in total. The molecule has 0 unspecified atom stereocenters. The smallest absolute Gasteiger partial charge is 0.292 e. The molecule has 3 rings (SSSR count). The van der Waals surface area contributed by atoms with Gasteiger partial charge in [-0.1, -0.05) is 42.5 Å². The van der Waals surface area contributed by atoms with E-state index >= 15 is 0 Å². The van der Waals surface area contributed by atoms with Gasteiger partial charge in [0.2, 0.25) is 5.91 Å². The summed E-state index contributed by atoms with van der Waals surface area (Å²) in [6.07, 6.45) is 4.32. The van der Waals surface area contributed by atoms with Crippen molar-refractivity contribution >= 4 is 17.3 Å². The van der Waals surface area contributed by atoms with Crippen LogP contribution in [0, 0.1) is 16.0 Å². The first-order valence-electron chi connectivity index (χ1n) is 9.92. The largest absolute Gasteiger partial charge is 0.379 e. The molecule has 6 heteroatoms. The van der Waals surface area contributed by atoms with Gasteiger partial charge in [-0.05, 0) is 43.2 Å². The Morgan fingerprint density at radius 2 is 1.75 bits per heavy atom. The second kappa shape index (κ2) is 9.88. The number of nitro groups is 1. The van der Waals surface area contributed by atoms with Crippen LogP contribution in [-0.2, 0) is 11.2 Å². The van der Waals surface area contributed by atoms with Gasteiger partial charge in [0.25, 0.3) is 5.69 Å². The molecule has 2 aromatic rings. The average molecular weight is 381 g/mol. The zero-order valence-electron chi connectivity index (χ0n) is 16.0. The van der Waals surface area contributed by atoms with Crippen LogP contribution in [0.1, 0.15) is 31.2 Å². The van der Waals surface area contributed by atoms with E-state index in [1.165, 1.54) is 11.6 Å². The van der Waals surface area contributed by atoms with Crippen molar-refractivity contribution in [3.8, 4) is 0 Å². The summed E-state index contributed by atoms with van der Waals surface area (Å²) in [5, 5.41) is 14.1. The molecule has 28 heavy (non-hydrogen) atoms. The molecule has 1 N–H and O–H groups in total. The number of nitrogens with zero attached hydrogens (tertiary/aromatic N) is 2. The highest BCUT2D eigenvalue weighted by Crippen LogP contribution is 2.24. The molecule has 2 aromatic carbocycles. The molecular formula is C22H27N3O3. The Morgan fingerprint density at radius 1 is 1.07 bits per heavy atom. The van der Waals surface area contributed by atoms with Gasteiger partial charge in [-0.3, -0.25) is 14.9 Å². The molecule has 148 valence electrons.